The number of aliphatic carboxylic acids is 1. The fourth-order valence-corrected chi connectivity index (χ4v) is 2.16. The van der Waals surface area contributed by atoms with E-state index in [9.17, 15) is 24.3 Å². The molecule has 0 aromatic heterocycles. The van der Waals surface area contributed by atoms with Gasteiger partial charge in [0, 0.05) is 13.0 Å². The van der Waals surface area contributed by atoms with Gasteiger partial charge in [-0.25, -0.2) is 4.79 Å². The number of hydrogen-bond acceptors (Lipinski definition) is 6. The molecule has 3 atom stereocenters. The van der Waals surface area contributed by atoms with E-state index in [0.29, 0.717) is 6.42 Å². The molecule has 28 heavy (non-hydrogen) atoms. The van der Waals surface area contributed by atoms with Crippen LogP contribution in [0.2, 0.25) is 0 Å². The summed E-state index contributed by atoms with van der Waals surface area (Å²) in [5, 5.41) is 14.1. The van der Waals surface area contributed by atoms with Gasteiger partial charge in [-0.15, -0.1) is 0 Å². The third-order valence-corrected chi connectivity index (χ3v) is 3.89. The Balaban J connectivity index is 5.05. The van der Waals surface area contributed by atoms with E-state index in [1.807, 2.05) is 0 Å². The molecule has 3 amide bonds. The van der Waals surface area contributed by atoms with Crippen LogP contribution >= 0.6 is 0 Å². The van der Waals surface area contributed by atoms with Gasteiger partial charge in [-0.05, 0) is 25.2 Å². The maximum Gasteiger partial charge on any atom is 0.326 e. The van der Waals surface area contributed by atoms with Gasteiger partial charge in [-0.3, -0.25) is 19.4 Å². The average Bonchev–Trinajstić information content (AvgIpc) is 2.59. The van der Waals surface area contributed by atoms with Gasteiger partial charge in [-0.2, -0.15) is 0 Å². The van der Waals surface area contributed by atoms with Gasteiger partial charge in [0.25, 0.3) is 0 Å². The highest BCUT2D eigenvalue weighted by atomic mass is 16.4. The van der Waals surface area contributed by atoms with Crippen molar-refractivity contribution in [3.05, 3.63) is 0 Å². The molecule has 0 bridgehead atoms. The highest BCUT2D eigenvalue weighted by Gasteiger charge is 2.28. The van der Waals surface area contributed by atoms with Crippen molar-refractivity contribution in [3.8, 4) is 0 Å². The Hall–Kier alpha value is -2.89. The van der Waals surface area contributed by atoms with Crippen molar-refractivity contribution in [2.45, 2.75) is 57.7 Å². The second-order valence-electron chi connectivity index (χ2n) is 6.68. The summed E-state index contributed by atoms with van der Waals surface area (Å²) in [7, 11) is 0. The molecular formula is C16H31N7O5. The fourth-order valence-electron chi connectivity index (χ4n) is 2.16. The summed E-state index contributed by atoms with van der Waals surface area (Å²) in [6.45, 7) is 3.67. The van der Waals surface area contributed by atoms with Crippen LogP contribution in [0, 0.1) is 5.92 Å². The Morgan fingerprint density at radius 1 is 0.964 bits per heavy atom. The average molecular weight is 401 g/mol. The molecule has 0 aromatic rings. The zero-order chi connectivity index (χ0) is 21.9. The molecule has 0 saturated heterocycles. The maximum atomic E-state index is 12.5. The first kappa shape index (κ1) is 25.1. The van der Waals surface area contributed by atoms with Crippen LogP contribution in [0.3, 0.4) is 0 Å². The van der Waals surface area contributed by atoms with E-state index >= 15 is 0 Å². The highest BCUT2D eigenvalue weighted by molar-refractivity contribution is 5.92. The second-order valence-corrected chi connectivity index (χ2v) is 6.68. The van der Waals surface area contributed by atoms with Crippen LogP contribution in [0.4, 0.5) is 0 Å². The predicted molar refractivity (Wildman–Crippen MR) is 103 cm³/mol. The number of nitrogens with one attached hydrogen (secondary N) is 2. The summed E-state index contributed by atoms with van der Waals surface area (Å²) in [6.07, 6.45) is 0.126. The van der Waals surface area contributed by atoms with Crippen LogP contribution in [0.25, 0.3) is 0 Å². The molecule has 0 saturated carbocycles. The van der Waals surface area contributed by atoms with Crippen molar-refractivity contribution in [2.24, 2.45) is 33.8 Å². The number of carbonyl (C=O) groups is 4. The van der Waals surface area contributed by atoms with E-state index in [4.69, 9.17) is 22.9 Å². The molecule has 0 rings (SSSR count). The van der Waals surface area contributed by atoms with Gasteiger partial charge in [0.05, 0.1) is 6.04 Å². The largest absolute Gasteiger partial charge is 0.480 e. The number of carboxylic acid groups (broad SMARTS) is 1. The lowest BCUT2D eigenvalue weighted by molar-refractivity contribution is -0.142. The molecule has 12 nitrogen and oxygen atoms in total. The molecule has 0 fully saturated rings. The molecule has 0 heterocycles. The highest BCUT2D eigenvalue weighted by Crippen LogP contribution is 2.05. The minimum Gasteiger partial charge on any atom is -0.480 e. The lowest BCUT2D eigenvalue weighted by atomic mass is 10.0. The molecule has 160 valence electrons. The van der Waals surface area contributed by atoms with Crippen LogP contribution in [0.1, 0.15) is 39.5 Å². The van der Waals surface area contributed by atoms with Crippen molar-refractivity contribution in [1.29, 1.82) is 0 Å². The first-order chi connectivity index (χ1) is 13.0. The Bertz CT molecular complexity index is 590. The SMILES string of the molecule is CC(C)C(N)C(=O)NC(CCC(N)=O)C(=O)NC(CCCN=C(N)N)C(=O)O. The summed E-state index contributed by atoms with van der Waals surface area (Å²) >= 11 is 0. The van der Waals surface area contributed by atoms with Crippen LogP contribution in [0.5, 0.6) is 0 Å². The zero-order valence-electron chi connectivity index (χ0n) is 16.2. The van der Waals surface area contributed by atoms with Gasteiger partial charge >= 0.3 is 5.97 Å². The molecular weight excluding hydrogens is 370 g/mol. The van der Waals surface area contributed by atoms with E-state index in [1.54, 1.807) is 13.8 Å². The van der Waals surface area contributed by atoms with Crippen molar-refractivity contribution >= 4 is 29.7 Å². The molecule has 12 heteroatoms. The molecule has 0 aliphatic rings. The molecule has 0 spiro atoms. The summed E-state index contributed by atoms with van der Waals surface area (Å²) in [5.74, 6) is -3.54. The lowest BCUT2D eigenvalue weighted by Gasteiger charge is -2.23. The quantitative estimate of drug-likeness (QED) is 0.0975. The molecule has 0 aromatic carbocycles. The number of nitrogens with two attached hydrogens (primary N) is 4. The fraction of sp³-hybridized carbons (Fsp3) is 0.688. The molecule has 11 N–H and O–H groups in total. The number of guanidine groups is 1. The van der Waals surface area contributed by atoms with Crippen LogP contribution in [-0.4, -0.2) is 59.4 Å². The Kier molecular flexibility index (Phi) is 11.2. The molecule has 0 aliphatic carbocycles. The van der Waals surface area contributed by atoms with E-state index < -0.39 is 41.8 Å². The maximum absolute atomic E-state index is 12.5. The van der Waals surface area contributed by atoms with Crippen molar-refractivity contribution in [3.63, 3.8) is 0 Å². The topological polar surface area (TPSA) is 229 Å². The van der Waals surface area contributed by atoms with Gasteiger partial charge in [0.2, 0.25) is 17.7 Å². The van der Waals surface area contributed by atoms with Crippen LogP contribution < -0.4 is 33.6 Å². The Morgan fingerprint density at radius 2 is 1.54 bits per heavy atom. The van der Waals surface area contributed by atoms with Gasteiger partial charge in [0.1, 0.15) is 12.1 Å². The number of nitrogens with zero attached hydrogens (tertiary/aromatic N) is 1. The summed E-state index contributed by atoms with van der Waals surface area (Å²) in [5.41, 5.74) is 21.2. The monoisotopic (exact) mass is 401 g/mol. The number of aliphatic imine (C=N–C) groups is 1. The lowest BCUT2D eigenvalue weighted by Crippen LogP contribution is -2.55. The zero-order valence-corrected chi connectivity index (χ0v) is 16.2. The van der Waals surface area contributed by atoms with Crippen molar-refractivity contribution < 1.29 is 24.3 Å². The van der Waals surface area contributed by atoms with Crippen LogP contribution in [0.15, 0.2) is 4.99 Å². The van der Waals surface area contributed by atoms with E-state index in [0.717, 1.165) is 0 Å². The van der Waals surface area contributed by atoms with Crippen molar-refractivity contribution in [1.82, 2.24) is 10.6 Å². The number of amides is 3. The number of carboxylic acids is 1. The normalized spacial score (nSPS) is 13.9. The van der Waals surface area contributed by atoms with Crippen LogP contribution in [-0.2, 0) is 19.2 Å². The summed E-state index contributed by atoms with van der Waals surface area (Å²) < 4.78 is 0. The first-order valence-electron chi connectivity index (χ1n) is 8.88. The standard InChI is InChI=1S/C16H31N7O5/c1-8(2)12(18)14(26)22-9(5-6-11(17)24)13(25)23-10(15(27)28)4-3-7-21-16(19)20/h8-10,12H,3-7,18H2,1-2H3,(H2,17,24)(H,22,26)(H,23,25)(H,27,28)(H4,19,20,21). The molecule has 0 radical (unpaired) electrons. The minimum absolute atomic E-state index is 0.0693. The number of rotatable bonds is 13. The number of carbonyl (C=O) groups excluding carboxylic acids is 3. The van der Waals surface area contributed by atoms with Gasteiger partial charge in [0.15, 0.2) is 5.96 Å². The predicted octanol–water partition coefficient (Wildman–Crippen LogP) is -2.66. The Labute approximate surface area is 163 Å². The van der Waals surface area contributed by atoms with Crippen molar-refractivity contribution in [2.75, 3.05) is 6.54 Å². The first-order valence-corrected chi connectivity index (χ1v) is 8.88. The van der Waals surface area contributed by atoms with Gasteiger partial charge in [-0.1, -0.05) is 13.8 Å². The van der Waals surface area contributed by atoms with E-state index in [2.05, 4.69) is 15.6 Å². The third-order valence-electron chi connectivity index (χ3n) is 3.89. The third kappa shape index (κ3) is 10.3. The molecule has 0 aliphatic heterocycles. The second kappa shape index (κ2) is 12.5. The summed E-state index contributed by atoms with van der Waals surface area (Å²) in [6, 6.07) is -3.23. The summed E-state index contributed by atoms with van der Waals surface area (Å²) in [4.78, 5) is 50.8. The number of hydrogen-bond donors (Lipinski definition) is 7. The van der Waals surface area contributed by atoms with E-state index in [1.165, 1.54) is 0 Å². The minimum atomic E-state index is -1.25. The van der Waals surface area contributed by atoms with E-state index in [-0.39, 0.29) is 37.7 Å². The smallest absolute Gasteiger partial charge is 0.326 e. The Morgan fingerprint density at radius 3 is 2.00 bits per heavy atom. The molecule has 3 unspecified atom stereocenters. The number of primary amides is 1. The van der Waals surface area contributed by atoms with Gasteiger partial charge < -0.3 is 38.7 Å².